The number of carbonyl (C=O) groups is 1. The number of rotatable bonds is 7. The van der Waals surface area contributed by atoms with Crippen molar-refractivity contribution < 1.29 is 4.79 Å². The van der Waals surface area contributed by atoms with Crippen molar-refractivity contribution in [1.29, 1.82) is 0 Å². The minimum absolute atomic E-state index is 0.0743. The van der Waals surface area contributed by atoms with E-state index in [4.69, 9.17) is 0 Å². The fourth-order valence-electron chi connectivity index (χ4n) is 2.34. The van der Waals surface area contributed by atoms with E-state index in [1.807, 2.05) is 44.4 Å². The van der Waals surface area contributed by atoms with E-state index in [1.165, 1.54) is 4.70 Å². The summed E-state index contributed by atoms with van der Waals surface area (Å²) >= 11 is 3.32. The minimum Gasteiger partial charge on any atom is -0.378 e. The first-order valence-corrected chi connectivity index (χ1v) is 9.93. The molecule has 6 heteroatoms. The lowest BCUT2D eigenvalue weighted by atomic mass is 10.2. The monoisotopic (exact) mass is 371 g/mol. The molecule has 3 rings (SSSR count). The van der Waals surface area contributed by atoms with Gasteiger partial charge in [0.2, 0.25) is 5.91 Å². The number of nitrogens with zero attached hydrogens (tertiary/aromatic N) is 2. The van der Waals surface area contributed by atoms with Gasteiger partial charge in [0.1, 0.15) is 0 Å². The minimum atomic E-state index is 0.0743. The zero-order valence-corrected chi connectivity index (χ0v) is 16.0. The highest BCUT2D eigenvalue weighted by Crippen LogP contribution is 2.29. The molecule has 4 nitrogen and oxygen atoms in total. The molecule has 0 fully saturated rings. The number of amides is 1. The van der Waals surface area contributed by atoms with Gasteiger partial charge in [0.15, 0.2) is 4.34 Å². The third kappa shape index (κ3) is 4.96. The number of carbonyl (C=O) groups excluding carboxylic acids is 1. The lowest BCUT2D eigenvalue weighted by molar-refractivity contribution is -0.120. The molecule has 0 aliphatic rings. The van der Waals surface area contributed by atoms with Crippen molar-refractivity contribution in [2.24, 2.45) is 0 Å². The van der Waals surface area contributed by atoms with Gasteiger partial charge in [-0.05, 0) is 29.8 Å². The summed E-state index contributed by atoms with van der Waals surface area (Å²) in [7, 11) is 4.03. The maximum absolute atomic E-state index is 12.0. The Morgan fingerprint density at radius 3 is 2.64 bits per heavy atom. The zero-order valence-electron chi connectivity index (χ0n) is 14.4. The number of hydrogen-bond donors (Lipinski definition) is 1. The van der Waals surface area contributed by atoms with E-state index >= 15 is 0 Å². The van der Waals surface area contributed by atoms with E-state index in [9.17, 15) is 4.79 Å². The number of para-hydroxylation sites is 1. The van der Waals surface area contributed by atoms with Gasteiger partial charge in [0.25, 0.3) is 0 Å². The van der Waals surface area contributed by atoms with E-state index in [0.29, 0.717) is 13.0 Å². The summed E-state index contributed by atoms with van der Waals surface area (Å²) in [6.07, 6.45) is 0.496. The second kappa shape index (κ2) is 8.36. The fraction of sp³-hybridized carbons (Fsp3) is 0.263. The van der Waals surface area contributed by atoms with E-state index in [-0.39, 0.29) is 5.91 Å². The summed E-state index contributed by atoms with van der Waals surface area (Å²) in [5.41, 5.74) is 3.29. The van der Waals surface area contributed by atoms with Gasteiger partial charge in [-0.25, -0.2) is 4.98 Å². The van der Waals surface area contributed by atoms with Crippen molar-refractivity contribution in [1.82, 2.24) is 10.3 Å². The molecule has 130 valence electrons. The number of hydrogen-bond acceptors (Lipinski definition) is 5. The van der Waals surface area contributed by atoms with Crippen LogP contribution in [0.4, 0.5) is 5.69 Å². The first-order valence-electron chi connectivity index (χ1n) is 8.13. The van der Waals surface area contributed by atoms with Crippen molar-refractivity contribution in [2.75, 3.05) is 24.7 Å². The molecule has 0 atom stereocenters. The maximum atomic E-state index is 12.0. The van der Waals surface area contributed by atoms with Gasteiger partial charge < -0.3 is 10.2 Å². The Kier molecular flexibility index (Phi) is 5.94. The van der Waals surface area contributed by atoms with Crippen LogP contribution < -0.4 is 10.2 Å². The molecule has 25 heavy (non-hydrogen) atoms. The molecule has 1 N–H and O–H groups in total. The number of benzene rings is 2. The Labute approximate surface area is 156 Å². The number of nitrogens with one attached hydrogen (secondary N) is 1. The van der Waals surface area contributed by atoms with E-state index in [2.05, 4.69) is 33.4 Å². The number of thiazole rings is 1. The Balaban J connectivity index is 1.42. The summed E-state index contributed by atoms with van der Waals surface area (Å²) < 4.78 is 2.21. The average molecular weight is 372 g/mol. The second-order valence-corrected chi connectivity index (χ2v) is 8.26. The molecule has 1 heterocycles. The lowest BCUT2D eigenvalue weighted by Gasteiger charge is -2.12. The van der Waals surface area contributed by atoms with Gasteiger partial charge in [-0.1, -0.05) is 36.0 Å². The third-order valence-electron chi connectivity index (χ3n) is 3.77. The molecule has 0 saturated carbocycles. The van der Waals surface area contributed by atoms with E-state index < -0.39 is 0 Å². The molecule has 3 aromatic rings. The number of thioether (sulfide) groups is 1. The molecule has 0 spiro atoms. The zero-order chi connectivity index (χ0) is 17.6. The normalized spacial score (nSPS) is 10.8. The lowest BCUT2D eigenvalue weighted by Crippen LogP contribution is -2.23. The molecule has 0 bridgehead atoms. The summed E-state index contributed by atoms with van der Waals surface area (Å²) in [4.78, 5) is 18.6. The Hall–Kier alpha value is -2.05. The first-order chi connectivity index (χ1) is 12.1. The summed E-state index contributed by atoms with van der Waals surface area (Å²) in [5.74, 6) is 0.816. The van der Waals surface area contributed by atoms with Crippen LogP contribution in [0.1, 0.15) is 12.0 Å². The quantitative estimate of drug-likeness (QED) is 0.634. The van der Waals surface area contributed by atoms with Crippen LogP contribution in [-0.4, -0.2) is 30.7 Å². The predicted octanol–water partition coefficient (Wildman–Crippen LogP) is 4.16. The Morgan fingerprint density at radius 1 is 1.16 bits per heavy atom. The van der Waals surface area contributed by atoms with Gasteiger partial charge >= 0.3 is 0 Å². The van der Waals surface area contributed by atoms with Gasteiger partial charge in [0.05, 0.1) is 10.2 Å². The first kappa shape index (κ1) is 17.8. The highest BCUT2D eigenvalue weighted by Gasteiger charge is 2.06. The van der Waals surface area contributed by atoms with Crippen LogP contribution in [0.25, 0.3) is 10.2 Å². The fourth-order valence-corrected chi connectivity index (χ4v) is 4.42. The molecule has 0 unspecified atom stereocenters. The molecule has 0 radical (unpaired) electrons. The molecule has 1 amide bonds. The molecule has 1 aromatic heterocycles. The summed E-state index contributed by atoms with van der Waals surface area (Å²) in [5, 5.41) is 2.98. The molecule has 0 aliphatic heterocycles. The topological polar surface area (TPSA) is 45.2 Å². The van der Waals surface area contributed by atoms with Crippen molar-refractivity contribution in [3.05, 3.63) is 54.1 Å². The molecular formula is C19H21N3OS2. The van der Waals surface area contributed by atoms with Gasteiger partial charge in [0, 0.05) is 38.5 Å². The molecule has 0 saturated heterocycles. The average Bonchev–Trinajstić information content (AvgIpc) is 3.03. The van der Waals surface area contributed by atoms with Crippen LogP contribution >= 0.6 is 23.1 Å². The standard InChI is InChI=1S/C19H21N3OS2/c1-22(2)15-9-7-14(8-10-15)13-20-18(23)11-12-24-19-21-16-5-3-4-6-17(16)25-19/h3-10H,11-13H2,1-2H3,(H,20,23). The number of fused-ring (bicyclic) bond motifs is 1. The van der Waals surface area contributed by atoms with Crippen LogP contribution in [0.2, 0.25) is 0 Å². The van der Waals surface area contributed by atoms with Crippen LogP contribution in [0, 0.1) is 0 Å². The van der Waals surface area contributed by atoms with Gasteiger partial charge in [-0.2, -0.15) is 0 Å². The van der Waals surface area contributed by atoms with Crippen molar-refractivity contribution in [2.45, 2.75) is 17.3 Å². The van der Waals surface area contributed by atoms with E-state index in [0.717, 1.165) is 26.9 Å². The molecule has 2 aromatic carbocycles. The van der Waals surface area contributed by atoms with E-state index in [1.54, 1.807) is 23.1 Å². The van der Waals surface area contributed by atoms with Crippen molar-refractivity contribution in [3.63, 3.8) is 0 Å². The third-order valence-corrected chi connectivity index (χ3v) is 5.95. The van der Waals surface area contributed by atoms with Crippen LogP contribution in [-0.2, 0) is 11.3 Å². The van der Waals surface area contributed by atoms with Crippen molar-refractivity contribution >= 4 is 44.9 Å². The van der Waals surface area contributed by atoms with Gasteiger partial charge in [-0.3, -0.25) is 4.79 Å². The summed E-state index contributed by atoms with van der Waals surface area (Å²) in [6.45, 7) is 0.568. The highest BCUT2D eigenvalue weighted by molar-refractivity contribution is 8.01. The number of anilines is 1. The largest absolute Gasteiger partial charge is 0.378 e. The van der Waals surface area contributed by atoms with Gasteiger partial charge in [-0.15, -0.1) is 11.3 Å². The maximum Gasteiger partial charge on any atom is 0.221 e. The number of aromatic nitrogens is 1. The Morgan fingerprint density at radius 2 is 1.92 bits per heavy atom. The molecule has 0 aliphatic carbocycles. The highest BCUT2D eigenvalue weighted by atomic mass is 32.2. The SMILES string of the molecule is CN(C)c1ccc(CNC(=O)CCSc2nc3ccccc3s2)cc1. The van der Waals surface area contributed by atoms with Crippen LogP contribution in [0.3, 0.4) is 0 Å². The van der Waals surface area contributed by atoms with Crippen LogP contribution in [0.15, 0.2) is 52.9 Å². The van der Waals surface area contributed by atoms with Crippen LogP contribution in [0.5, 0.6) is 0 Å². The predicted molar refractivity (Wildman–Crippen MR) is 108 cm³/mol. The van der Waals surface area contributed by atoms with Crippen molar-refractivity contribution in [3.8, 4) is 0 Å². The second-order valence-electron chi connectivity index (χ2n) is 5.88. The summed E-state index contributed by atoms with van der Waals surface area (Å²) in [6, 6.07) is 16.3. The Bertz CT molecular complexity index is 810. The smallest absolute Gasteiger partial charge is 0.221 e. The molecular weight excluding hydrogens is 350 g/mol.